The quantitative estimate of drug-likeness (QED) is 0.740. The molecule has 0 aromatic heterocycles. The standard InChI is InChI=1S/C15H26N2O3/c1-2-19-11-15(18)17-9-13-8-16(7-12-3-4-12)5-6-20-14(13)10-17/h12-14H,2-11H2,1H3/t13-,14+/m1/s1. The number of fused-ring (bicyclic) bond motifs is 1. The molecule has 2 atom stereocenters. The molecule has 0 aromatic carbocycles. The van der Waals surface area contributed by atoms with E-state index in [1.165, 1.54) is 19.4 Å². The highest BCUT2D eigenvalue weighted by Gasteiger charge is 2.39. The van der Waals surface area contributed by atoms with Crippen LogP contribution in [0.5, 0.6) is 0 Å². The molecule has 0 radical (unpaired) electrons. The van der Waals surface area contributed by atoms with Crippen LogP contribution in [0, 0.1) is 11.8 Å². The van der Waals surface area contributed by atoms with E-state index in [1.54, 1.807) is 0 Å². The van der Waals surface area contributed by atoms with Gasteiger partial charge in [0.25, 0.3) is 0 Å². The van der Waals surface area contributed by atoms with Crippen LogP contribution in [0.15, 0.2) is 0 Å². The molecule has 1 aliphatic carbocycles. The highest BCUT2D eigenvalue weighted by atomic mass is 16.5. The lowest BCUT2D eigenvalue weighted by Crippen LogP contribution is -2.36. The summed E-state index contributed by atoms with van der Waals surface area (Å²) in [6, 6.07) is 0. The van der Waals surface area contributed by atoms with Gasteiger partial charge in [-0.3, -0.25) is 4.79 Å². The molecule has 2 heterocycles. The van der Waals surface area contributed by atoms with Gasteiger partial charge in [-0.05, 0) is 25.7 Å². The van der Waals surface area contributed by atoms with E-state index in [0.717, 1.165) is 38.7 Å². The fourth-order valence-electron chi connectivity index (χ4n) is 3.28. The normalized spacial score (nSPS) is 31.1. The van der Waals surface area contributed by atoms with Crippen molar-refractivity contribution in [1.29, 1.82) is 0 Å². The number of hydrogen-bond donors (Lipinski definition) is 0. The van der Waals surface area contributed by atoms with Crippen molar-refractivity contribution in [2.75, 3.05) is 52.5 Å². The largest absolute Gasteiger partial charge is 0.375 e. The Morgan fingerprint density at radius 3 is 2.90 bits per heavy atom. The smallest absolute Gasteiger partial charge is 0.248 e. The average Bonchev–Trinajstić information content (AvgIpc) is 3.20. The SMILES string of the molecule is CCOCC(=O)N1C[C@H]2CN(CC3CC3)CCO[C@H]2C1. The van der Waals surface area contributed by atoms with Gasteiger partial charge in [0.05, 0.1) is 12.7 Å². The number of rotatable bonds is 5. The monoisotopic (exact) mass is 282 g/mol. The van der Waals surface area contributed by atoms with Gasteiger partial charge >= 0.3 is 0 Å². The minimum Gasteiger partial charge on any atom is -0.375 e. The van der Waals surface area contributed by atoms with E-state index in [-0.39, 0.29) is 18.6 Å². The molecule has 0 N–H and O–H groups in total. The van der Waals surface area contributed by atoms with Gasteiger partial charge in [0.1, 0.15) is 6.61 Å². The molecule has 3 aliphatic rings. The molecular weight excluding hydrogens is 256 g/mol. The number of carbonyl (C=O) groups is 1. The zero-order valence-electron chi connectivity index (χ0n) is 12.4. The molecule has 5 nitrogen and oxygen atoms in total. The lowest BCUT2D eigenvalue weighted by atomic mass is 10.1. The van der Waals surface area contributed by atoms with Crippen molar-refractivity contribution in [1.82, 2.24) is 9.80 Å². The molecule has 0 unspecified atom stereocenters. The van der Waals surface area contributed by atoms with Gasteiger partial charge in [-0.15, -0.1) is 0 Å². The molecule has 0 spiro atoms. The van der Waals surface area contributed by atoms with Gasteiger partial charge in [0, 0.05) is 45.2 Å². The fraction of sp³-hybridized carbons (Fsp3) is 0.933. The molecule has 5 heteroatoms. The first-order valence-electron chi connectivity index (χ1n) is 7.95. The Hall–Kier alpha value is -0.650. The summed E-state index contributed by atoms with van der Waals surface area (Å²) in [6.07, 6.45) is 3.01. The fourth-order valence-corrected chi connectivity index (χ4v) is 3.28. The van der Waals surface area contributed by atoms with Crippen LogP contribution in [0.2, 0.25) is 0 Å². The minimum atomic E-state index is 0.109. The Balaban J connectivity index is 1.52. The first-order valence-corrected chi connectivity index (χ1v) is 7.95. The maximum Gasteiger partial charge on any atom is 0.248 e. The number of amides is 1. The number of hydrogen-bond acceptors (Lipinski definition) is 4. The van der Waals surface area contributed by atoms with E-state index in [4.69, 9.17) is 9.47 Å². The molecule has 0 aromatic rings. The topological polar surface area (TPSA) is 42.0 Å². The van der Waals surface area contributed by atoms with Crippen molar-refractivity contribution in [3.8, 4) is 0 Å². The molecule has 3 rings (SSSR count). The Labute approximate surface area is 121 Å². The van der Waals surface area contributed by atoms with Gasteiger partial charge in [0.2, 0.25) is 5.91 Å². The highest BCUT2D eigenvalue weighted by molar-refractivity contribution is 5.77. The molecule has 2 aliphatic heterocycles. The predicted octanol–water partition coefficient (Wildman–Crippen LogP) is 0.592. The van der Waals surface area contributed by atoms with E-state index in [1.807, 2.05) is 11.8 Å². The maximum absolute atomic E-state index is 12.0. The van der Waals surface area contributed by atoms with E-state index in [2.05, 4.69) is 4.90 Å². The van der Waals surface area contributed by atoms with Crippen LogP contribution in [0.25, 0.3) is 0 Å². The third-order valence-electron chi connectivity index (χ3n) is 4.61. The summed E-state index contributed by atoms with van der Waals surface area (Å²) in [5.74, 6) is 1.50. The summed E-state index contributed by atoms with van der Waals surface area (Å²) in [4.78, 5) is 16.5. The Kier molecular flexibility index (Phi) is 4.58. The zero-order valence-corrected chi connectivity index (χ0v) is 12.4. The van der Waals surface area contributed by atoms with Crippen LogP contribution in [0.1, 0.15) is 19.8 Å². The number of likely N-dealkylation sites (tertiary alicyclic amines) is 1. The lowest BCUT2D eigenvalue weighted by molar-refractivity contribution is -0.135. The van der Waals surface area contributed by atoms with E-state index < -0.39 is 0 Å². The van der Waals surface area contributed by atoms with Crippen molar-refractivity contribution < 1.29 is 14.3 Å². The third-order valence-corrected chi connectivity index (χ3v) is 4.61. The van der Waals surface area contributed by atoms with Crippen molar-refractivity contribution in [2.24, 2.45) is 11.8 Å². The third kappa shape index (κ3) is 3.51. The van der Waals surface area contributed by atoms with E-state index >= 15 is 0 Å². The molecular formula is C15H26N2O3. The van der Waals surface area contributed by atoms with Crippen LogP contribution in [-0.2, 0) is 14.3 Å². The molecule has 2 saturated heterocycles. The summed E-state index contributed by atoms with van der Waals surface area (Å²) in [6.45, 7) is 8.46. The van der Waals surface area contributed by atoms with Crippen LogP contribution in [0.3, 0.4) is 0 Å². The summed E-state index contributed by atoms with van der Waals surface area (Å²) in [5, 5.41) is 0. The van der Waals surface area contributed by atoms with E-state index in [9.17, 15) is 4.79 Å². The number of carbonyl (C=O) groups excluding carboxylic acids is 1. The average molecular weight is 282 g/mol. The molecule has 1 amide bonds. The summed E-state index contributed by atoms with van der Waals surface area (Å²) in [5.41, 5.74) is 0. The number of nitrogens with zero attached hydrogens (tertiary/aromatic N) is 2. The first-order chi connectivity index (χ1) is 9.76. The van der Waals surface area contributed by atoms with Gasteiger partial charge < -0.3 is 19.3 Å². The van der Waals surface area contributed by atoms with Gasteiger partial charge in [0.15, 0.2) is 0 Å². The summed E-state index contributed by atoms with van der Waals surface area (Å²) < 4.78 is 11.2. The van der Waals surface area contributed by atoms with Crippen molar-refractivity contribution in [2.45, 2.75) is 25.9 Å². The van der Waals surface area contributed by atoms with Crippen molar-refractivity contribution in [3.63, 3.8) is 0 Å². The second kappa shape index (κ2) is 6.41. The summed E-state index contributed by atoms with van der Waals surface area (Å²) >= 11 is 0. The Morgan fingerprint density at radius 1 is 1.30 bits per heavy atom. The molecule has 3 fully saturated rings. The predicted molar refractivity (Wildman–Crippen MR) is 75.5 cm³/mol. The highest BCUT2D eigenvalue weighted by Crippen LogP contribution is 2.31. The van der Waals surface area contributed by atoms with Crippen molar-refractivity contribution >= 4 is 5.91 Å². The van der Waals surface area contributed by atoms with Crippen LogP contribution in [0.4, 0.5) is 0 Å². The second-order valence-corrected chi connectivity index (χ2v) is 6.31. The zero-order chi connectivity index (χ0) is 13.9. The maximum atomic E-state index is 12.0. The molecule has 20 heavy (non-hydrogen) atoms. The van der Waals surface area contributed by atoms with Gasteiger partial charge in [-0.25, -0.2) is 0 Å². The first kappa shape index (κ1) is 14.3. The van der Waals surface area contributed by atoms with E-state index in [0.29, 0.717) is 12.5 Å². The Bertz CT molecular complexity index is 346. The Morgan fingerprint density at radius 2 is 2.15 bits per heavy atom. The number of ether oxygens (including phenoxy) is 2. The van der Waals surface area contributed by atoms with Gasteiger partial charge in [-0.1, -0.05) is 0 Å². The lowest BCUT2D eigenvalue weighted by Gasteiger charge is -2.23. The van der Waals surface area contributed by atoms with Gasteiger partial charge in [-0.2, -0.15) is 0 Å². The molecule has 0 bridgehead atoms. The molecule has 1 saturated carbocycles. The van der Waals surface area contributed by atoms with Crippen LogP contribution in [-0.4, -0.2) is 74.4 Å². The van der Waals surface area contributed by atoms with Crippen LogP contribution < -0.4 is 0 Å². The van der Waals surface area contributed by atoms with Crippen molar-refractivity contribution in [3.05, 3.63) is 0 Å². The summed E-state index contributed by atoms with van der Waals surface area (Å²) in [7, 11) is 0. The van der Waals surface area contributed by atoms with Crippen LogP contribution >= 0.6 is 0 Å². The second-order valence-electron chi connectivity index (χ2n) is 6.31. The molecule has 114 valence electrons. The minimum absolute atomic E-state index is 0.109.